The molecule has 0 saturated heterocycles. The minimum absolute atomic E-state index is 0.0627. The first-order chi connectivity index (χ1) is 9.08. The highest BCUT2D eigenvalue weighted by Gasteiger charge is 2.04. The SMILES string of the molecule is Cc1cccc(C)c1COc1ccc([C@@H](C)N)cc1. The summed E-state index contributed by atoms with van der Waals surface area (Å²) in [6.07, 6.45) is 0. The molecule has 0 heterocycles. The van der Waals surface area contributed by atoms with Crippen molar-refractivity contribution in [2.75, 3.05) is 0 Å². The molecule has 0 amide bonds. The van der Waals surface area contributed by atoms with Crippen LogP contribution in [-0.4, -0.2) is 0 Å². The van der Waals surface area contributed by atoms with Crippen LogP contribution in [0.3, 0.4) is 0 Å². The highest BCUT2D eigenvalue weighted by molar-refractivity contribution is 5.34. The molecule has 2 aromatic rings. The Balaban J connectivity index is 2.06. The van der Waals surface area contributed by atoms with Gasteiger partial charge in [0, 0.05) is 6.04 Å². The molecule has 0 aliphatic rings. The van der Waals surface area contributed by atoms with Crippen molar-refractivity contribution in [3.8, 4) is 5.75 Å². The van der Waals surface area contributed by atoms with Gasteiger partial charge in [-0.2, -0.15) is 0 Å². The number of hydrogen-bond donors (Lipinski definition) is 1. The first-order valence-electron chi connectivity index (χ1n) is 6.61. The van der Waals surface area contributed by atoms with Crippen LogP contribution in [0, 0.1) is 13.8 Å². The fraction of sp³-hybridized carbons (Fsp3) is 0.294. The van der Waals surface area contributed by atoms with Crippen LogP contribution in [0.1, 0.15) is 35.2 Å². The molecule has 2 heteroatoms. The van der Waals surface area contributed by atoms with Crippen molar-refractivity contribution < 1.29 is 4.74 Å². The summed E-state index contributed by atoms with van der Waals surface area (Å²) in [6, 6.07) is 14.4. The fourth-order valence-corrected chi connectivity index (χ4v) is 2.10. The van der Waals surface area contributed by atoms with Crippen LogP contribution in [0.25, 0.3) is 0 Å². The summed E-state index contributed by atoms with van der Waals surface area (Å²) in [4.78, 5) is 0. The van der Waals surface area contributed by atoms with E-state index in [9.17, 15) is 0 Å². The molecule has 2 nitrogen and oxygen atoms in total. The highest BCUT2D eigenvalue weighted by Crippen LogP contribution is 2.19. The van der Waals surface area contributed by atoms with E-state index in [-0.39, 0.29) is 6.04 Å². The number of hydrogen-bond acceptors (Lipinski definition) is 2. The molecular weight excluding hydrogens is 234 g/mol. The zero-order valence-electron chi connectivity index (χ0n) is 11.8. The summed E-state index contributed by atoms with van der Waals surface area (Å²) in [6.45, 7) is 6.82. The quantitative estimate of drug-likeness (QED) is 0.899. The lowest BCUT2D eigenvalue weighted by Crippen LogP contribution is -2.05. The second kappa shape index (κ2) is 5.89. The Morgan fingerprint density at radius 3 is 2.11 bits per heavy atom. The van der Waals surface area contributed by atoms with Crippen LogP contribution in [0.4, 0.5) is 0 Å². The van der Waals surface area contributed by atoms with E-state index in [1.54, 1.807) is 0 Å². The number of benzene rings is 2. The van der Waals surface area contributed by atoms with E-state index >= 15 is 0 Å². The first kappa shape index (κ1) is 13.6. The Hall–Kier alpha value is -1.80. The Bertz CT molecular complexity index is 523. The van der Waals surface area contributed by atoms with Crippen molar-refractivity contribution in [1.29, 1.82) is 0 Å². The summed E-state index contributed by atoms with van der Waals surface area (Å²) in [5.41, 5.74) is 10.8. The van der Waals surface area contributed by atoms with Crippen LogP contribution >= 0.6 is 0 Å². The third-order valence-corrected chi connectivity index (χ3v) is 3.43. The zero-order valence-corrected chi connectivity index (χ0v) is 11.8. The third-order valence-electron chi connectivity index (χ3n) is 3.43. The summed E-state index contributed by atoms with van der Waals surface area (Å²) < 4.78 is 5.85. The van der Waals surface area contributed by atoms with Gasteiger partial charge in [0.2, 0.25) is 0 Å². The van der Waals surface area contributed by atoms with Crippen LogP contribution in [0.5, 0.6) is 5.75 Å². The molecule has 100 valence electrons. The van der Waals surface area contributed by atoms with Crippen molar-refractivity contribution in [2.24, 2.45) is 5.73 Å². The summed E-state index contributed by atoms with van der Waals surface area (Å²) >= 11 is 0. The number of aryl methyl sites for hydroxylation is 2. The summed E-state index contributed by atoms with van der Waals surface area (Å²) in [5, 5.41) is 0. The van der Waals surface area contributed by atoms with Gasteiger partial charge in [-0.3, -0.25) is 0 Å². The maximum atomic E-state index is 5.85. The largest absolute Gasteiger partial charge is 0.489 e. The van der Waals surface area contributed by atoms with Gasteiger partial charge in [-0.05, 0) is 55.2 Å². The van der Waals surface area contributed by atoms with Gasteiger partial charge in [0.15, 0.2) is 0 Å². The number of rotatable bonds is 4. The van der Waals surface area contributed by atoms with Crippen molar-refractivity contribution >= 4 is 0 Å². The molecule has 2 rings (SSSR count). The highest BCUT2D eigenvalue weighted by atomic mass is 16.5. The van der Waals surface area contributed by atoms with Gasteiger partial charge in [-0.15, -0.1) is 0 Å². The fourth-order valence-electron chi connectivity index (χ4n) is 2.10. The van der Waals surface area contributed by atoms with E-state index < -0.39 is 0 Å². The average Bonchev–Trinajstić information content (AvgIpc) is 2.38. The minimum Gasteiger partial charge on any atom is -0.489 e. The Kier molecular flexibility index (Phi) is 4.23. The molecule has 0 unspecified atom stereocenters. The molecular formula is C17H21NO. The summed E-state index contributed by atoms with van der Waals surface area (Å²) in [7, 11) is 0. The van der Waals surface area contributed by atoms with Crippen LogP contribution in [-0.2, 0) is 6.61 Å². The molecule has 0 radical (unpaired) electrons. The van der Waals surface area contributed by atoms with E-state index in [4.69, 9.17) is 10.5 Å². The second-order valence-electron chi connectivity index (χ2n) is 5.02. The molecule has 2 aromatic carbocycles. The van der Waals surface area contributed by atoms with Gasteiger partial charge in [-0.25, -0.2) is 0 Å². The zero-order chi connectivity index (χ0) is 13.8. The van der Waals surface area contributed by atoms with E-state index in [2.05, 4.69) is 32.0 Å². The average molecular weight is 255 g/mol. The van der Waals surface area contributed by atoms with Gasteiger partial charge in [0.25, 0.3) is 0 Å². The van der Waals surface area contributed by atoms with Crippen LogP contribution in [0.2, 0.25) is 0 Å². The maximum Gasteiger partial charge on any atom is 0.119 e. The third kappa shape index (κ3) is 3.36. The molecule has 1 atom stereocenters. The second-order valence-corrected chi connectivity index (χ2v) is 5.02. The monoisotopic (exact) mass is 255 g/mol. The number of ether oxygens (including phenoxy) is 1. The van der Waals surface area contributed by atoms with E-state index in [0.29, 0.717) is 6.61 Å². The van der Waals surface area contributed by atoms with Crippen molar-refractivity contribution in [3.05, 3.63) is 64.7 Å². The molecule has 2 N–H and O–H groups in total. The van der Waals surface area contributed by atoms with Crippen molar-refractivity contribution in [1.82, 2.24) is 0 Å². The van der Waals surface area contributed by atoms with Crippen molar-refractivity contribution in [2.45, 2.75) is 33.4 Å². The van der Waals surface area contributed by atoms with E-state index in [1.807, 2.05) is 31.2 Å². The van der Waals surface area contributed by atoms with E-state index in [0.717, 1.165) is 11.3 Å². The minimum atomic E-state index is 0.0627. The Labute approximate surface area is 115 Å². The Morgan fingerprint density at radius 1 is 1.00 bits per heavy atom. The molecule has 0 fully saturated rings. The van der Waals surface area contributed by atoms with Gasteiger partial charge >= 0.3 is 0 Å². The maximum absolute atomic E-state index is 5.85. The molecule has 0 spiro atoms. The lowest BCUT2D eigenvalue weighted by Gasteiger charge is -2.12. The predicted octanol–water partition coefficient (Wildman–Crippen LogP) is 3.90. The smallest absolute Gasteiger partial charge is 0.119 e. The molecule has 0 aliphatic carbocycles. The van der Waals surface area contributed by atoms with Gasteiger partial charge in [0.05, 0.1) is 0 Å². The van der Waals surface area contributed by atoms with Gasteiger partial charge in [-0.1, -0.05) is 30.3 Å². The first-order valence-corrected chi connectivity index (χ1v) is 6.61. The Morgan fingerprint density at radius 2 is 1.58 bits per heavy atom. The standard InChI is InChI=1S/C17H21NO/c1-12-5-4-6-13(2)17(12)11-19-16-9-7-15(8-10-16)14(3)18/h4-10,14H,11,18H2,1-3H3/t14-/m1/s1. The lowest BCUT2D eigenvalue weighted by molar-refractivity contribution is 0.304. The van der Waals surface area contributed by atoms with Crippen LogP contribution in [0.15, 0.2) is 42.5 Å². The normalized spacial score (nSPS) is 12.2. The van der Waals surface area contributed by atoms with E-state index in [1.165, 1.54) is 16.7 Å². The molecule has 0 bridgehead atoms. The van der Waals surface area contributed by atoms with Gasteiger partial charge in [0.1, 0.15) is 12.4 Å². The molecule has 0 saturated carbocycles. The molecule has 19 heavy (non-hydrogen) atoms. The van der Waals surface area contributed by atoms with Gasteiger partial charge < -0.3 is 10.5 Å². The predicted molar refractivity (Wildman–Crippen MR) is 79.3 cm³/mol. The summed E-state index contributed by atoms with van der Waals surface area (Å²) in [5.74, 6) is 0.882. The molecule has 0 aromatic heterocycles. The number of nitrogens with two attached hydrogens (primary N) is 1. The molecule has 0 aliphatic heterocycles. The van der Waals surface area contributed by atoms with Crippen LogP contribution < -0.4 is 10.5 Å². The van der Waals surface area contributed by atoms with Crippen molar-refractivity contribution in [3.63, 3.8) is 0 Å². The topological polar surface area (TPSA) is 35.2 Å². The lowest BCUT2D eigenvalue weighted by atomic mass is 10.0.